The van der Waals surface area contributed by atoms with Crippen LogP contribution in [0.3, 0.4) is 0 Å². The van der Waals surface area contributed by atoms with Crippen molar-refractivity contribution in [1.29, 1.82) is 0 Å². The van der Waals surface area contributed by atoms with Gasteiger partial charge in [-0.25, -0.2) is 8.78 Å². The Morgan fingerprint density at radius 1 is 1.11 bits per heavy atom. The molecule has 2 N–H and O–H groups in total. The van der Waals surface area contributed by atoms with Gasteiger partial charge in [0.1, 0.15) is 0 Å². The van der Waals surface area contributed by atoms with Crippen LogP contribution >= 0.6 is 11.6 Å². The van der Waals surface area contributed by atoms with Crippen LogP contribution in [0, 0.1) is 11.6 Å². The second kappa shape index (κ2) is 5.32. The predicted molar refractivity (Wildman–Crippen MR) is 68.8 cm³/mol. The molecule has 0 aromatic heterocycles. The van der Waals surface area contributed by atoms with Crippen molar-refractivity contribution < 1.29 is 18.3 Å². The summed E-state index contributed by atoms with van der Waals surface area (Å²) in [7, 11) is 1.30. The Morgan fingerprint density at radius 2 is 1.84 bits per heavy atom. The van der Waals surface area contributed by atoms with E-state index < -0.39 is 11.6 Å². The highest BCUT2D eigenvalue weighted by Crippen LogP contribution is 2.35. The maximum Gasteiger partial charge on any atom is 0.184 e. The average Bonchev–Trinajstić information content (AvgIpc) is 2.38. The molecule has 0 spiro atoms. The summed E-state index contributed by atoms with van der Waals surface area (Å²) in [4.78, 5) is 0. The summed E-state index contributed by atoms with van der Waals surface area (Å²) < 4.78 is 37.1. The second-order valence-electron chi connectivity index (χ2n) is 3.68. The summed E-state index contributed by atoms with van der Waals surface area (Å²) in [5.41, 5.74) is 5.63. The highest BCUT2D eigenvalue weighted by Gasteiger charge is 2.13. The normalized spacial score (nSPS) is 10.3. The number of hydrogen-bond acceptors (Lipinski definition) is 3. The number of halogens is 3. The van der Waals surface area contributed by atoms with Crippen LogP contribution in [0.15, 0.2) is 30.3 Å². The zero-order chi connectivity index (χ0) is 14.0. The Kier molecular flexibility index (Phi) is 3.76. The van der Waals surface area contributed by atoms with E-state index in [2.05, 4.69) is 0 Å². The fourth-order valence-electron chi connectivity index (χ4n) is 1.48. The standard InChI is InChI=1S/C13H10ClF2NO2/c1-18-11-6-12(9(17)5-8(11)15)19-10-4-2-3-7(14)13(10)16/h2-6H,17H2,1H3. The van der Waals surface area contributed by atoms with Crippen LogP contribution in [0.5, 0.6) is 17.2 Å². The molecule has 2 rings (SSSR count). The van der Waals surface area contributed by atoms with Gasteiger partial charge in [-0.05, 0) is 12.1 Å². The zero-order valence-electron chi connectivity index (χ0n) is 9.91. The van der Waals surface area contributed by atoms with Crippen molar-refractivity contribution in [2.24, 2.45) is 0 Å². The number of nitrogens with two attached hydrogens (primary N) is 1. The monoisotopic (exact) mass is 285 g/mol. The molecule has 3 nitrogen and oxygen atoms in total. The van der Waals surface area contributed by atoms with Crippen LogP contribution in [-0.4, -0.2) is 7.11 Å². The van der Waals surface area contributed by atoms with E-state index in [1.165, 1.54) is 31.4 Å². The summed E-state index contributed by atoms with van der Waals surface area (Å²) >= 11 is 5.63. The molecular formula is C13H10ClF2NO2. The summed E-state index contributed by atoms with van der Waals surface area (Å²) in [6, 6.07) is 6.58. The molecule has 0 aliphatic heterocycles. The summed E-state index contributed by atoms with van der Waals surface area (Å²) in [5.74, 6) is -1.41. The molecule has 0 heterocycles. The van der Waals surface area contributed by atoms with Crippen molar-refractivity contribution in [3.05, 3.63) is 47.0 Å². The van der Waals surface area contributed by atoms with Crippen LogP contribution in [0.4, 0.5) is 14.5 Å². The van der Waals surface area contributed by atoms with Crippen molar-refractivity contribution in [3.63, 3.8) is 0 Å². The topological polar surface area (TPSA) is 44.5 Å². The van der Waals surface area contributed by atoms with E-state index in [0.29, 0.717) is 0 Å². The molecule has 6 heteroatoms. The molecule has 19 heavy (non-hydrogen) atoms. The molecule has 0 aliphatic carbocycles. The largest absolute Gasteiger partial charge is 0.494 e. The Balaban J connectivity index is 2.41. The van der Waals surface area contributed by atoms with Crippen LogP contribution in [0.25, 0.3) is 0 Å². The van der Waals surface area contributed by atoms with Crippen molar-refractivity contribution in [1.82, 2.24) is 0 Å². The summed E-state index contributed by atoms with van der Waals surface area (Å²) in [6.45, 7) is 0. The fourth-order valence-corrected chi connectivity index (χ4v) is 1.64. The van der Waals surface area contributed by atoms with Gasteiger partial charge in [0.05, 0.1) is 17.8 Å². The smallest absolute Gasteiger partial charge is 0.184 e. The fraction of sp³-hybridized carbons (Fsp3) is 0.0769. The van der Waals surface area contributed by atoms with Crippen molar-refractivity contribution >= 4 is 17.3 Å². The molecule has 0 amide bonds. The van der Waals surface area contributed by atoms with Gasteiger partial charge in [0.15, 0.2) is 28.9 Å². The van der Waals surface area contributed by atoms with Crippen molar-refractivity contribution in [2.75, 3.05) is 12.8 Å². The lowest BCUT2D eigenvalue weighted by Gasteiger charge is -2.11. The Hall–Kier alpha value is -2.01. The summed E-state index contributed by atoms with van der Waals surface area (Å²) in [6.07, 6.45) is 0. The number of rotatable bonds is 3. The number of ether oxygens (including phenoxy) is 2. The quantitative estimate of drug-likeness (QED) is 0.867. The van der Waals surface area contributed by atoms with E-state index in [0.717, 1.165) is 6.07 Å². The molecular weight excluding hydrogens is 276 g/mol. The zero-order valence-corrected chi connectivity index (χ0v) is 10.7. The maximum absolute atomic E-state index is 13.7. The van der Waals surface area contributed by atoms with E-state index in [1.54, 1.807) is 0 Å². The van der Waals surface area contributed by atoms with E-state index in [9.17, 15) is 8.78 Å². The van der Waals surface area contributed by atoms with E-state index >= 15 is 0 Å². The third-order valence-corrected chi connectivity index (χ3v) is 2.71. The van der Waals surface area contributed by atoms with Gasteiger partial charge in [-0.3, -0.25) is 0 Å². The Labute approximate surface area is 113 Å². The Morgan fingerprint density at radius 3 is 2.53 bits per heavy atom. The van der Waals surface area contributed by atoms with Gasteiger partial charge < -0.3 is 15.2 Å². The minimum atomic E-state index is -0.716. The minimum Gasteiger partial charge on any atom is -0.494 e. The first kappa shape index (κ1) is 13.4. The van der Waals surface area contributed by atoms with Gasteiger partial charge in [0.2, 0.25) is 0 Å². The third kappa shape index (κ3) is 2.71. The highest BCUT2D eigenvalue weighted by atomic mass is 35.5. The predicted octanol–water partition coefficient (Wildman–Crippen LogP) is 4.00. The van der Waals surface area contributed by atoms with Gasteiger partial charge in [-0.2, -0.15) is 0 Å². The molecule has 0 atom stereocenters. The first-order chi connectivity index (χ1) is 9.02. The Bertz CT molecular complexity index is 620. The molecule has 2 aromatic rings. The SMILES string of the molecule is COc1cc(Oc2cccc(Cl)c2F)c(N)cc1F. The number of anilines is 1. The van der Waals surface area contributed by atoms with E-state index in [-0.39, 0.29) is 28.0 Å². The van der Waals surface area contributed by atoms with Gasteiger partial charge >= 0.3 is 0 Å². The average molecular weight is 286 g/mol. The van der Waals surface area contributed by atoms with Gasteiger partial charge in [-0.15, -0.1) is 0 Å². The first-order valence-electron chi connectivity index (χ1n) is 5.27. The highest BCUT2D eigenvalue weighted by molar-refractivity contribution is 6.30. The number of hydrogen-bond donors (Lipinski definition) is 1. The van der Waals surface area contributed by atoms with E-state index in [4.69, 9.17) is 26.8 Å². The number of nitrogen functional groups attached to an aromatic ring is 1. The number of methoxy groups -OCH3 is 1. The van der Waals surface area contributed by atoms with Gasteiger partial charge in [0.25, 0.3) is 0 Å². The molecule has 0 saturated carbocycles. The molecule has 100 valence electrons. The minimum absolute atomic E-state index is 0.0256. The van der Waals surface area contributed by atoms with E-state index in [1.807, 2.05) is 0 Å². The lowest BCUT2D eigenvalue weighted by atomic mass is 10.2. The molecule has 0 fully saturated rings. The lowest BCUT2D eigenvalue weighted by Crippen LogP contribution is -1.97. The van der Waals surface area contributed by atoms with Crippen LogP contribution in [0.1, 0.15) is 0 Å². The van der Waals surface area contributed by atoms with Crippen molar-refractivity contribution in [3.8, 4) is 17.2 Å². The second-order valence-corrected chi connectivity index (χ2v) is 4.09. The van der Waals surface area contributed by atoms with Crippen molar-refractivity contribution in [2.45, 2.75) is 0 Å². The summed E-state index contributed by atoms with van der Waals surface area (Å²) in [5, 5.41) is -0.0786. The molecule has 0 aliphatic rings. The maximum atomic E-state index is 13.7. The molecule has 0 bridgehead atoms. The van der Waals surface area contributed by atoms with Gasteiger partial charge in [0, 0.05) is 12.1 Å². The first-order valence-corrected chi connectivity index (χ1v) is 5.65. The van der Waals surface area contributed by atoms with Crippen LogP contribution < -0.4 is 15.2 Å². The molecule has 0 saturated heterocycles. The van der Waals surface area contributed by atoms with Crippen LogP contribution in [-0.2, 0) is 0 Å². The lowest BCUT2D eigenvalue weighted by molar-refractivity contribution is 0.380. The number of benzene rings is 2. The molecule has 2 aromatic carbocycles. The van der Waals surface area contributed by atoms with Crippen LogP contribution in [0.2, 0.25) is 5.02 Å². The van der Waals surface area contributed by atoms with Gasteiger partial charge in [-0.1, -0.05) is 17.7 Å². The third-order valence-electron chi connectivity index (χ3n) is 2.42. The molecule has 0 radical (unpaired) electrons. The molecule has 0 unspecified atom stereocenters.